The van der Waals surface area contributed by atoms with E-state index < -0.39 is 42.5 Å². The molecule has 0 spiro atoms. The van der Waals surface area contributed by atoms with Crippen molar-refractivity contribution in [1.29, 1.82) is 0 Å². The average molecular weight is 262 g/mol. The molecule has 1 heterocycles. The van der Waals surface area contributed by atoms with Crippen LogP contribution in [0, 0.1) is 0 Å². The number of rotatable bonds is 3. The molecule has 0 aromatic rings. The number of carbonyl (C=O) groups excluding carboxylic acids is 2. The van der Waals surface area contributed by atoms with E-state index in [0.29, 0.717) is 0 Å². The first-order chi connectivity index (χ1) is 8.31. The molecule has 2 N–H and O–H groups in total. The van der Waals surface area contributed by atoms with E-state index in [1.165, 1.54) is 0 Å². The van der Waals surface area contributed by atoms with Crippen LogP contribution >= 0.6 is 0 Å². The van der Waals surface area contributed by atoms with Gasteiger partial charge in [-0.25, -0.2) is 4.79 Å². The number of ether oxygens (including phenoxy) is 3. The van der Waals surface area contributed by atoms with E-state index in [0.717, 1.165) is 13.8 Å². The van der Waals surface area contributed by atoms with Gasteiger partial charge >= 0.3 is 17.9 Å². The fourth-order valence-corrected chi connectivity index (χ4v) is 1.64. The van der Waals surface area contributed by atoms with E-state index in [9.17, 15) is 19.5 Å². The summed E-state index contributed by atoms with van der Waals surface area (Å²) in [5.74, 6) is -2.67. The number of esters is 2. The van der Waals surface area contributed by atoms with Gasteiger partial charge in [0.15, 0.2) is 18.5 Å². The van der Waals surface area contributed by atoms with Crippen LogP contribution in [0.1, 0.15) is 20.3 Å². The van der Waals surface area contributed by atoms with Crippen LogP contribution in [0.4, 0.5) is 0 Å². The standard InChI is InChI=1S/C10H14O8/c1-4(11)16-6-3-7(9(13)14)18-10(15)8(6)17-5(2)12/h6-8,10,15H,3H2,1-2H3,(H,13,14)/t6-,7-,8+,10+/m1/s1. The summed E-state index contributed by atoms with van der Waals surface area (Å²) in [6.07, 6.45) is -5.48. The summed E-state index contributed by atoms with van der Waals surface area (Å²) in [5.41, 5.74) is 0. The summed E-state index contributed by atoms with van der Waals surface area (Å²) in [6, 6.07) is 0. The molecule has 18 heavy (non-hydrogen) atoms. The zero-order chi connectivity index (χ0) is 13.9. The fraction of sp³-hybridized carbons (Fsp3) is 0.700. The van der Waals surface area contributed by atoms with Crippen LogP contribution in [0.2, 0.25) is 0 Å². The number of carboxylic acids is 1. The second-order valence-corrected chi connectivity index (χ2v) is 3.81. The minimum Gasteiger partial charge on any atom is -0.479 e. The topological polar surface area (TPSA) is 119 Å². The Hall–Kier alpha value is -1.67. The molecule has 1 fully saturated rings. The van der Waals surface area contributed by atoms with Crippen molar-refractivity contribution in [3.05, 3.63) is 0 Å². The molecule has 102 valence electrons. The lowest BCUT2D eigenvalue weighted by atomic mass is 10.0. The van der Waals surface area contributed by atoms with Crippen molar-refractivity contribution in [2.24, 2.45) is 0 Å². The van der Waals surface area contributed by atoms with Gasteiger partial charge in [-0.1, -0.05) is 0 Å². The summed E-state index contributed by atoms with van der Waals surface area (Å²) in [4.78, 5) is 32.5. The highest BCUT2D eigenvalue weighted by atomic mass is 16.7. The van der Waals surface area contributed by atoms with Crippen molar-refractivity contribution in [2.45, 2.75) is 44.9 Å². The van der Waals surface area contributed by atoms with Gasteiger partial charge in [0, 0.05) is 20.3 Å². The van der Waals surface area contributed by atoms with Crippen molar-refractivity contribution in [1.82, 2.24) is 0 Å². The molecule has 1 aliphatic heterocycles. The molecular formula is C10H14O8. The third-order valence-corrected chi connectivity index (χ3v) is 2.29. The molecule has 0 radical (unpaired) electrons. The van der Waals surface area contributed by atoms with Crippen LogP contribution in [-0.4, -0.2) is 52.7 Å². The number of aliphatic carboxylic acids is 1. The zero-order valence-electron chi connectivity index (χ0n) is 9.86. The molecule has 0 amide bonds. The van der Waals surface area contributed by atoms with Gasteiger partial charge in [-0.3, -0.25) is 9.59 Å². The lowest BCUT2D eigenvalue weighted by Crippen LogP contribution is -2.53. The normalized spacial score (nSPS) is 31.5. The Labute approximate surface area is 102 Å². The van der Waals surface area contributed by atoms with Crippen LogP contribution < -0.4 is 0 Å². The van der Waals surface area contributed by atoms with E-state index in [1.807, 2.05) is 0 Å². The maximum absolute atomic E-state index is 10.9. The quantitative estimate of drug-likeness (QED) is 0.624. The lowest BCUT2D eigenvalue weighted by Gasteiger charge is -2.36. The highest BCUT2D eigenvalue weighted by Crippen LogP contribution is 2.24. The Balaban J connectivity index is 2.82. The smallest absolute Gasteiger partial charge is 0.333 e. The maximum Gasteiger partial charge on any atom is 0.333 e. The van der Waals surface area contributed by atoms with Gasteiger partial charge in [-0.05, 0) is 0 Å². The summed E-state index contributed by atoms with van der Waals surface area (Å²) < 4.78 is 14.4. The molecular weight excluding hydrogens is 248 g/mol. The predicted molar refractivity (Wildman–Crippen MR) is 54.2 cm³/mol. The first-order valence-electron chi connectivity index (χ1n) is 5.22. The first-order valence-corrected chi connectivity index (χ1v) is 5.22. The third-order valence-electron chi connectivity index (χ3n) is 2.29. The van der Waals surface area contributed by atoms with Gasteiger partial charge in [-0.15, -0.1) is 0 Å². The Morgan fingerprint density at radius 1 is 1.17 bits per heavy atom. The molecule has 1 rings (SSSR count). The summed E-state index contributed by atoms with van der Waals surface area (Å²) in [7, 11) is 0. The van der Waals surface area contributed by atoms with Gasteiger partial charge in [-0.2, -0.15) is 0 Å². The molecule has 0 unspecified atom stereocenters. The second-order valence-electron chi connectivity index (χ2n) is 3.81. The van der Waals surface area contributed by atoms with Crippen LogP contribution in [0.3, 0.4) is 0 Å². The van der Waals surface area contributed by atoms with Gasteiger partial charge in [0.25, 0.3) is 0 Å². The van der Waals surface area contributed by atoms with Crippen molar-refractivity contribution in [2.75, 3.05) is 0 Å². The molecule has 0 aromatic carbocycles. The van der Waals surface area contributed by atoms with E-state index in [2.05, 4.69) is 0 Å². The molecule has 0 saturated carbocycles. The Morgan fingerprint density at radius 2 is 1.72 bits per heavy atom. The number of aliphatic hydroxyl groups excluding tert-OH is 1. The van der Waals surface area contributed by atoms with Crippen LogP contribution in [0.25, 0.3) is 0 Å². The van der Waals surface area contributed by atoms with E-state index >= 15 is 0 Å². The van der Waals surface area contributed by atoms with Crippen molar-refractivity contribution in [3.63, 3.8) is 0 Å². The van der Waals surface area contributed by atoms with E-state index in [4.69, 9.17) is 19.3 Å². The highest BCUT2D eigenvalue weighted by Gasteiger charge is 2.44. The molecule has 8 heteroatoms. The second kappa shape index (κ2) is 5.78. The van der Waals surface area contributed by atoms with Gasteiger partial charge in [0.2, 0.25) is 0 Å². The minimum atomic E-state index is -1.66. The SMILES string of the molecule is CC(=O)O[C@@H]1[C@@H](O)O[C@@H](C(=O)O)C[C@H]1OC(C)=O. The highest BCUT2D eigenvalue weighted by molar-refractivity contribution is 5.73. The van der Waals surface area contributed by atoms with Crippen LogP contribution in [-0.2, 0) is 28.6 Å². The molecule has 4 atom stereocenters. The maximum atomic E-state index is 10.9. The lowest BCUT2D eigenvalue weighted by molar-refractivity contribution is -0.258. The first kappa shape index (κ1) is 14.4. The zero-order valence-corrected chi connectivity index (χ0v) is 9.86. The Kier molecular flexibility index (Phi) is 4.62. The third kappa shape index (κ3) is 3.67. The largest absolute Gasteiger partial charge is 0.479 e. The van der Waals surface area contributed by atoms with Gasteiger partial charge in [0.05, 0.1) is 0 Å². The number of hydrogen-bond acceptors (Lipinski definition) is 7. The number of carbonyl (C=O) groups is 3. The molecule has 0 bridgehead atoms. The molecule has 8 nitrogen and oxygen atoms in total. The fourth-order valence-electron chi connectivity index (χ4n) is 1.64. The van der Waals surface area contributed by atoms with Crippen molar-refractivity contribution >= 4 is 17.9 Å². The monoisotopic (exact) mass is 262 g/mol. The van der Waals surface area contributed by atoms with E-state index in [-0.39, 0.29) is 6.42 Å². The molecule has 1 saturated heterocycles. The predicted octanol–water partition coefficient (Wildman–Crippen LogP) is -0.958. The number of aliphatic hydroxyl groups is 1. The summed E-state index contributed by atoms with van der Waals surface area (Å²) >= 11 is 0. The van der Waals surface area contributed by atoms with Gasteiger partial charge < -0.3 is 24.4 Å². The summed E-state index contributed by atoms with van der Waals surface area (Å²) in [5, 5.41) is 18.4. The molecule has 0 aromatic heterocycles. The number of hydrogen-bond donors (Lipinski definition) is 2. The van der Waals surface area contributed by atoms with Gasteiger partial charge in [0.1, 0.15) is 6.10 Å². The molecule has 1 aliphatic rings. The number of carboxylic acid groups (broad SMARTS) is 1. The van der Waals surface area contributed by atoms with Crippen molar-refractivity contribution < 1.29 is 38.8 Å². The molecule has 0 aliphatic carbocycles. The minimum absolute atomic E-state index is 0.204. The average Bonchev–Trinajstić information content (AvgIpc) is 2.21. The van der Waals surface area contributed by atoms with E-state index in [1.54, 1.807) is 0 Å². The van der Waals surface area contributed by atoms with Crippen molar-refractivity contribution in [3.8, 4) is 0 Å². The summed E-state index contributed by atoms with van der Waals surface area (Å²) in [6.45, 7) is 2.24. The van der Waals surface area contributed by atoms with Crippen LogP contribution in [0.5, 0.6) is 0 Å². The Morgan fingerprint density at radius 3 is 2.17 bits per heavy atom. The van der Waals surface area contributed by atoms with Crippen LogP contribution in [0.15, 0.2) is 0 Å². The Bertz CT molecular complexity index is 352.